The molecule has 8 nitrogen and oxygen atoms in total. The van der Waals surface area contributed by atoms with Crippen LogP contribution in [0, 0.1) is 12.3 Å². The Bertz CT molecular complexity index is 1080. The van der Waals surface area contributed by atoms with E-state index in [-0.39, 0.29) is 25.5 Å². The second-order valence-electron chi connectivity index (χ2n) is 7.28. The fourth-order valence-electron chi connectivity index (χ4n) is 4.04. The van der Waals surface area contributed by atoms with E-state index in [0.717, 1.165) is 22.5 Å². The molecule has 4 rings (SSSR count). The van der Waals surface area contributed by atoms with Crippen molar-refractivity contribution in [3.8, 4) is 12.3 Å². The molecule has 3 N–H and O–H groups in total. The molecule has 2 amide bonds. The van der Waals surface area contributed by atoms with Gasteiger partial charge in [-0.1, -0.05) is 47.5 Å². The Morgan fingerprint density at radius 1 is 1.26 bits per heavy atom. The molecular weight excluding hydrogens is 396 g/mol. The van der Waals surface area contributed by atoms with Gasteiger partial charge in [-0.25, -0.2) is 5.48 Å². The molecule has 31 heavy (non-hydrogen) atoms. The van der Waals surface area contributed by atoms with Gasteiger partial charge >= 0.3 is 0 Å². The lowest BCUT2D eigenvalue weighted by molar-refractivity contribution is -0.129. The number of anilines is 2. The number of carbonyl (C=O) groups is 2. The Morgan fingerprint density at radius 3 is 2.84 bits per heavy atom. The third kappa shape index (κ3) is 3.83. The first-order chi connectivity index (χ1) is 15.2. The van der Waals surface area contributed by atoms with Crippen molar-refractivity contribution in [2.75, 3.05) is 23.4 Å². The minimum Gasteiger partial charge on any atom is -0.396 e. The molecule has 0 saturated carbocycles. The van der Waals surface area contributed by atoms with E-state index in [2.05, 4.69) is 16.4 Å². The number of carbonyl (C=O) groups excluding carboxylic acids is 2. The highest BCUT2D eigenvalue weighted by atomic mass is 16.6. The van der Waals surface area contributed by atoms with Gasteiger partial charge in [0.1, 0.15) is 12.3 Å². The molecule has 2 aliphatic heterocycles. The van der Waals surface area contributed by atoms with Crippen molar-refractivity contribution >= 4 is 28.9 Å². The number of hydrogen-bond acceptors (Lipinski definition) is 6. The minimum absolute atomic E-state index is 0.0863. The van der Waals surface area contributed by atoms with Gasteiger partial charge in [0, 0.05) is 23.4 Å². The summed E-state index contributed by atoms with van der Waals surface area (Å²) in [7, 11) is 0. The number of oxime groups is 1. The van der Waals surface area contributed by atoms with Crippen LogP contribution in [-0.2, 0) is 14.4 Å². The molecular formula is C23H22N4O4. The molecule has 0 spiro atoms. The van der Waals surface area contributed by atoms with E-state index in [1.54, 1.807) is 10.4 Å². The second-order valence-corrected chi connectivity index (χ2v) is 7.28. The Morgan fingerprint density at radius 2 is 2.03 bits per heavy atom. The highest BCUT2D eigenvalue weighted by Gasteiger charge is 2.46. The SMILES string of the molecule is C#CCN1C(=O)C(C2Nc3ccccc3/C2=N\OCCCC(=O)NO)c2ccccc21. The topological polar surface area (TPSA) is 103 Å². The number of rotatable bonds is 7. The summed E-state index contributed by atoms with van der Waals surface area (Å²) >= 11 is 0. The van der Waals surface area contributed by atoms with Crippen molar-refractivity contribution in [1.82, 2.24) is 5.48 Å². The van der Waals surface area contributed by atoms with E-state index in [1.165, 1.54) is 0 Å². The number of nitrogens with zero attached hydrogens (tertiary/aromatic N) is 2. The van der Waals surface area contributed by atoms with E-state index >= 15 is 0 Å². The molecule has 2 heterocycles. The van der Waals surface area contributed by atoms with E-state index in [1.807, 2.05) is 48.5 Å². The van der Waals surface area contributed by atoms with Crippen LogP contribution in [0.1, 0.15) is 29.9 Å². The number of amides is 2. The molecule has 2 aliphatic rings. The number of terminal acetylenes is 1. The lowest BCUT2D eigenvalue weighted by Crippen LogP contribution is -2.39. The maximum atomic E-state index is 13.3. The third-order valence-corrected chi connectivity index (χ3v) is 5.41. The Labute approximate surface area is 179 Å². The lowest BCUT2D eigenvalue weighted by Gasteiger charge is -2.20. The number of fused-ring (bicyclic) bond motifs is 2. The molecule has 2 atom stereocenters. The van der Waals surface area contributed by atoms with Crippen molar-refractivity contribution in [2.24, 2.45) is 5.16 Å². The molecule has 2 aromatic carbocycles. The van der Waals surface area contributed by atoms with Crippen molar-refractivity contribution in [1.29, 1.82) is 0 Å². The summed E-state index contributed by atoms with van der Waals surface area (Å²) in [5.41, 5.74) is 5.64. The zero-order chi connectivity index (χ0) is 21.8. The molecule has 0 radical (unpaired) electrons. The smallest absolute Gasteiger partial charge is 0.243 e. The number of benzene rings is 2. The third-order valence-electron chi connectivity index (χ3n) is 5.41. The standard InChI is InChI=1S/C23H22N4O4/c1-2-13-27-18-11-6-4-9-16(18)20(23(27)29)22-21(15-8-3-5-10-17(15)24-22)26-31-14-7-12-19(28)25-30/h1,3-6,8-11,20,22,24,30H,7,12-14H2,(H,25,28)/b26-21+. The lowest BCUT2D eigenvalue weighted by atomic mass is 9.89. The Kier molecular flexibility index (Phi) is 5.87. The van der Waals surface area contributed by atoms with Gasteiger partial charge in [0.25, 0.3) is 0 Å². The van der Waals surface area contributed by atoms with Crippen LogP contribution in [0.2, 0.25) is 0 Å². The van der Waals surface area contributed by atoms with Crippen molar-refractivity contribution < 1.29 is 19.6 Å². The average Bonchev–Trinajstić information content (AvgIpc) is 3.28. The minimum atomic E-state index is -0.500. The zero-order valence-electron chi connectivity index (χ0n) is 16.7. The van der Waals surface area contributed by atoms with E-state index < -0.39 is 17.9 Å². The maximum Gasteiger partial charge on any atom is 0.243 e. The molecule has 8 heteroatoms. The van der Waals surface area contributed by atoms with Crippen molar-refractivity contribution in [3.05, 3.63) is 59.7 Å². The Balaban J connectivity index is 1.62. The molecule has 0 saturated heterocycles. The van der Waals surface area contributed by atoms with Crippen molar-refractivity contribution in [2.45, 2.75) is 24.8 Å². The van der Waals surface area contributed by atoms with Crippen LogP contribution < -0.4 is 15.7 Å². The van der Waals surface area contributed by atoms with E-state index in [0.29, 0.717) is 12.1 Å². The van der Waals surface area contributed by atoms with Gasteiger partial charge in [-0.15, -0.1) is 6.42 Å². The van der Waals surface area contributed by atoms with Crippen molar-refractivity contribution in [3.63, 3.8) is 0 Å². The quantitative estimate of drug-likeness (QED) is 0.277. The monoisotopic (exact) mass is 418 g/mol. The first-order valence-corrected chi connectivity index (χ1v) is 9.98. The van der Waals surface area contributed by atoms with Crippen LogP contribution in [0.3, 0.4) is 0 Å². The number of hydroxylamine groups is 1. The maximum absolute atomic E-state index is 13.3. The van der Waals surface area contributed by atoms with E-state index in [9.17, 15) is 9.59 Å². The second kappa shape index (κ2) is 8.90. The molecule has 0 aliphatic carbocycles. The van der Waals surface area contributed by atoms with Crippen LogP contribution in [0.5, 0.6) is 0 Å². The summed E-state index contributed by atoms with van der Waals surface area (Å²) in [5, 5.41) is 16.3. The zero-order valence-corrected chi connectivity index (χ0v) is 16.7. The highest BCUT2D eigenvalue weighted by molar-refractivity contribution is 6.18. The van der Waals surface area contributed by atoms with Gasteiger partial charge in [-0.2, -0.15) is 0 Å². The molecule has 0 fully saturated rings. The summed E-state index contributed by atoms with van der Waals surface area (Å²) < 4.78 is 0. The summed E-state index contributed by atoms with van der Waals surface area (Å²) in [6, 6.07) is 14.9. The first-order valence-electron chi connectivity index (χ1n) is 9.98. The van der Waals surface area contributed by atoms with Gasteiger partial charge < -0.3 is 10.2 Å². The van der Waals surface area contributed by atoms with E-state index in [4.69, 9.17) is 16.5 Å². The fourth-order valence-corrected chi connectivity index (χ4v) is 4.04. The van der Waals surface area contributed by atoms with Crippen LogP contribution in [0.15, 0.2) is 53.7 Å². The molecule has 0 aromatic heterocycles. The van der Waals surface area contributed by atoms with Gasteiger partial charge in [-0.3, -0.25) is 19.7 Å². The predicted octanol–water partition coefficient (Wildman–Crippen LogP) is 2.25. The number of para-hydroxylation sites is 2. The molecule has 0 bridgehead atoms. The first kappa shape index (κ1) is 20.4. The van der Waals surface area contributed by atoms with Crippen LogP contribution in [0.4, 0.5) is 11.4 Å². The Hall–Kier alpha value is -3.83. The molecule has 2 unspecified atom stereocenters. The number of nitrogens with one attached hydrogen (secondary N) is 2. The highest BCUT2D eigenvalue weighted by Crippen LogP contribution is 2.43. The van der Waals surface area contributed by atoms with Gasteiger partial charge in [-0.05, 0) is 24.1 Å². The summed E-state index contributed by atoms with van der Waals surface area (Å²) in [6.45, 7) is 0.395. The fraction of sp³-hybridized carbons (Fsp3) is 0.261. The number of hydrogen-bond donors (Lipinski definition) is 3. The summed E-state index contributed by atoms with van der Waals surface area (Å²) in [4.78, 5) is 31.6. The largest absolute Gasteiger partial charge is 0.396 e. The normalized spacial score (nSPS) is 20.1. The van der Waals surface area contributed by atoms with Crippen LogP contribution in [-0.4, -0.2) is 41.9 Å². The summed E-state index contributed by atoms with van der Waals surface area (Å²) in [5.74, 6) is 1.49. The van der Waals surface area contributed by atoms with Crippen LogP contribution >= 0.6 is 0 Å². The average molecular weight is 418 g/mol. The molecule has 2 aromatic rings. The van der Waals surface area contributed by atoms with Gasteiger partial charge in [0.15, 0.2) is 0 Å². The van der Waals surface area contributed by atoms with Gasteiger partial charge in [0.2, 0.25) is 11.8 Å². The molecule has 158 valence electrons. The van der Waals surface area contributed by atoms with Crippen LogP contribution in [0.25, 0.3) is 0 Å². The predicted molar refractivity (Wildman–Crippen MR) is 116 cm³/mol. The van der Waals surface area contributed by atoms with Gasteiger partial charge in [0.05, 0.1) is 18.5 Å². The summed E-state index contributed by atoms with van der Waals surface area (Å²) in [6.07, 6.45) is 6.01.